The van der Waals surface area contributed by atoms with E-state index < -0.39 is 5.82 Å². The molecule has 2 aromatic heterocycles. The highest BCUT2D eigenvalue weighted by atomic mass is 19.1. The Labute approximate surface area is 167 Å². The van der Waals surface area contributed by atoms with Crippen molar-refractivity contribution in [2.24, 2.45) is 5.92 Å². The lowest BCUT2D eigenvalue weighted by Gasteiger charge is -2.54. The van der Waals surface area contributed by atoms with Crippen molar-refractivity contribution in [2.75, 3.05) is 24.5 Å². The largest absolute Gasteiger partial charge is 0.351 e. The van der Waals surface area contributed by atoms with Crippen LogP contribution in [0.25, 0.3) is 5.69 Å². The summed E-state index contributed by atoms with van der Waals surface area (Å²) in [5.74, 6) is 0.863. The average molecular weight is 392 g/mol. The van der Waals surface area contributed by atoms with Crippen LogP contribution >= 0.6 is 0 Å². The zero-order chi connectivity index (χ0) is 20.0. The van der Waals surface area contributed by atoms with Crippen molar-refractivity contribution in [3.05, 3.63) is 65.9 Å². The minimum Gasteiger partial charge on any atom is -0.351 e. The van der Waals surface area contributed by atoms with Gasteiger partial charge in [-0.2, -0.15) is 15.0 Å². The summed E-state index contributed by atoms with van der Waals surface area (Å²) in [6, 6.07) is 8.42. The Morgan fingerprint density at radius 1 is 1.10 bits per heavy atom. The number of nitrogens with zero attached hydrogens (tertiary/aromatic N) is 6. The normalized spacial score (nSPS) is 20.9. The molecule has 0 aliphatic carbocycles. The van der Waals surface area contributed by atoms with Gasteiger partial charge in [0.05, 0.1) is 29.7 Å². The molecule has 4 heterocycles. The molecule has 1 aromatic carbocycles. The van der Waals surface area contributed by atoms with E-state index in [2.05, 4.69) is 26.1 Å². The molecule has 0 unspecified atom stereocenters. The lowest BCUT2D eigenvalue weighted by molar-refractivity contribution is 0.0590. The number of anilines is 1. The van der Waals surface area contributed by atoms with E-state index in [0.29, 0.717) is 24.7 Å². The molecule has 2 atom stereocenters. The van der Waals surface area contributed by atoms with Crippen molar-refractivity contribution in [1.82, 2.24) is 24.9 Å². The minimum absolute atomic E-state index is 0.195. The van der Waals surface area contributed by atoms with Crippen LogP contribution in [0.15, 0.2) is 48.9 Å². The highest BCUT2D eigenvalue weighted by molar-refractivity contribution is 5.98. The third-order valence-corrected chi connectivity index (χ3v) is 5.86. The molecule has 2 fully saturated rings. The fourth-order valence-electron chi connectivity index (χ4n) is 4.29. The number of halogens is 1. The van der Waals surface area contributed by atoms with Gasteiger partial charge < -0.3 is 9.80 Å². The van der Waals surface area contributed by atoms with Crippen LogP contribution in [0.5, 0.6) is 0 Å². The maximum Gasteiger partial charge on any atom is 0.256 e. The maximum absolute atomic E-state index is 14.0. The lowest BCUT2D eigenvalue weighted by atomic mass is 9.82. The third-order valence-electron chi connectivity index (χ3n) is 5.86. The van der Waals surface area contributed by atoms with Gasteiger partial charge in [-0.3, -0.25) is 4.79 Å². The Morgan fingerprint density at radius 3 is 2.72 bits per heavy atom. The van der Waals surface area contributed by atoms with Crippen LogP contribution in [0, 0.1) is 18.7 Å². The number of hydrogen-bond acceptors (Lipinski definition) is 5. The molecule has 0 saturated carbocycles. The van der Waals surface area contributed by atoms with E-state index >= 15 is 0 Å². The van der Waals surface area contributed by atoms with Gasteiger partial charge >= 0.3 is 0 Å². The van der Waals surface area contributed by atoms with Crippen LogP contribution in [0.2, 0.25) is 0 Å². The summed E-state index contributed by atoms with van der Waals surface area (Å²) >= 11 is 0. The Morgan fingerprint density at radius 2 is 1.93 bits per heavy atom. The first-order valence-electron chi connectivity index (χ1n) is 9.75. The standard InChI is InChI=1S/C21H21FN6O/c1-14-4-6-23-20(10-14)27-12-15-5-9-26(13-19(15)27)21(29)17-11-16(22)2-3-18(17)28-24-7-8-25-28/h2-4,6-8,10-11,15,19H,5,9,12-13H2,1H3/t15-,19-/m0/s1. The summed E-state index contributed by atoms with van der Waals surface area (Å²) in [4.78, 5) is 23.2. The van der Waals surface area contributed by atoms with Crippen molar-refractivity contribution in [3.63, 3.8) is 0 Å². The summed E-state index contributed by atoms with van der Waals surface area (Å²) < 4.78 is 14.0. The van der Waals surface area contributed by atoms with Crippen molar-refractivity contribution < 1.29 is 9.18 Å². The van der Waals surface area contributed by atoms with Gasteiger partial charge in [-0.15, -0.1) is 0 Å². The molecule has 148 valence electrons. The van der Waals surface area contributed by atoms with E-state index in [4.69, 9.17) is 0 Å². The van der Waals surface area contributed by atoms with Gasteiger partial charge in [0.15, 0.2) is 0 Å². The molecule has 29 heavy (non-hydrogen) atoms. The second-order valence-corrected chi connectivity index (χ2v) is 7.69. The number of amides is 1. The van der Waals surface area contributed by atoms with Crippen LogP contribution < -0.4 is 4.90 Å². The van der Waals surface area contributed by atoms with E-state index in [-0.39, 0.29) is 17.5 Å². The van der Waals surface area contributed by atoms with E-state index in [1.165, 1.54) is 34.9 Å². The predicted octanol–water partition coefficient (Wildman–Crippen LogP) is 2.46. The SMILES string of the molecule is Cc1ccnc(N2C[C@@H]3CCN(C(=O)c4cc(F)ccc4-n4nccn4)C[C@@H]32)c1. The number of hydrogen-bond donors (Lipinski definition) is 0. The Kier molecular flexibility index (Phi) is 4.26. The Hall–Kier alpha value is -3.29. The van der Waals surface area contributed by atoms with Crippen LogP contribution in [-0.2, 0) is 0 Å². The number of carbonyl (C=O) groups excluding carboxylic acids is 1. The van der Waals surface area contributed by atoms with Gasteiger partial charge in [-0.05, 0) is 49.2 Å². The van der Waals surface area contributed by atoms with Crippen molar-refractivity contribution in [2.45, 2.75) is 19.4 Å². The minimum atomic E-state index is -0.451. The second-order valence-electron chi connectivity index (χ2n) is 7.69. The topological polar surface area (TPSA) is 67.2 Å². The van der Waals surface area contributed by atoms with E-state index in [9.17, 15) is 9.18 Å². The number of aromatic nitrogens is 4. The molecule has 1 amide bonds. The summed E-state index contributed by atoms with van der Waals surface area (Å²) in [6.07, 6.45) is 5.82. The Bertz CT molecular complexity index is 1050. The molecule has 0 N–H and O–H groups in total. The van der Waals surface area contributed by atoms with Crippen molar-refractivity contribution >= 4 is 11.7 Å². The Balaban J connectivity index is 1.40. The van der Waals surface area contributed by atoms with Crippen LogP contribution in [0.3, 0.4) is 0 Å². The number of fused-ring (bicyclic) bond motifs is 1. The first kappa shape index (κ1) is 17.8. The molecule has 0 bridgehead atoms. The average Bonchev–Trinajstić information content (AvgIpc) is 3.23. The number of rotatable bonds is 3. The molecule has 8 heteroatoms. The van der Waals surface area contributed by atoms with Crippen LogP contribution in [-0.4, -0.2) is 56.5 Å². The number of likely N-dealkylation sites (tertiary alicyclic amines) is 1. The molecule has 2 aliphatic heterocycles. The molecular formula is C21H21FN6O. The molecular weight excluding hydrogens is 371 g/mol. The number of carbonyl (C=O) groups is 1. The molecule has 0 spiro atoms. The van der Waals surface area contributed by atoms with E-state index in [1.54, 1.807) is 6.07 Å². The molecule has 2 aliphatic rings. The predicted molar refractivity (Wildman–Crippen MR) is 105 cm³/mol. The van der Waals surface area contributed by atoms with Gasteiger partial charge in [0.25, 0.3) is 5.91 Å². The highest BCUT2D eigenvalue weighted by Crippen LogP contribution is 2.36. The van der Waals surface area contributed by atoms with Crippen LogP contribution in [0.1, 0.15) is 22.3 Å². The smallest absolute Gasteiger partial charge is 0.256 e. The highest BCUT2D eigenvalue weighted by Gasteiger charge is 2.44. The number of pyridine rings is 1. The second kappa shape index (κ2) is 6.95. The van der Waals surface area contributed by atoms with E-state index in [0.717, 1.165) is 18.8 Å². The maximum atomic E-state index is 14.0. The molecule has 2 saturated heterocycles. The van der Waals surface area contributed by atoms with Crippen LogP contribution in [0.4, 0.5) is 10.2 Å². The van der Waals surface area contributed by atoms with Gasteiger partial charge in [0.2, 0.25) is 0 Å². The third kappa shape index (κ3) is 3.14. The van der Waals surface area contributed by atoms with E-state index in [1.807, 2.05) is 24.1 Å². The summed E-state index contributed by atoms with van der Waals surface area (Å²) in [7, 11) is 0. The van der Waals surface area contributed by atoms with Crippen molar-refractivity contribution in [3.8, 4) is 5.69 Å². The molecule has 0 radical (unpaired) electrons. The number of aryl methyl sites for hydroxylation is 1. The monoisotopic (exact) mass is 392 g/mol. The molecule has 3 aromatic rings. The summed E-state index contributed by atoms with van der Waals surface area (Å²) in [6.45, 7) is 4.28. The fourth-order valence-corrected chi connectivity index (χ4v) is 4.29. The lowest BCUT2D eigenvalue weighted by Crippen LogP contribution is -2.65. The summed E-state index contributed by atoms with van der Waals surface area (Å²) in [5, 5.41) is 8.20. The van der Waals surface area contributed by atoms with Gasteiger partial charge in [0.1, 0.15) is 11.6 Å². The van der Waals surface area contributed by atoms with Crippen molar-refractivity contribution in [1.29, 1.82) is 0 Å². The summed E-state index contributed by atoms with van der Waals surface area (Å²) in [5.41, 5.74) is 1.92. The molecule has 5 rings (SSSR count). The fraction of sp³-hybridized carbons (Fsp3) is 0.333. The zero-order valence-electron chi connectivity index (χ0n) is 16.1. The van der Waals surface area contributed by atoms with Gasteiger partial charge in [0, 0.05) is 31.7 Å². The zero-order valence-corrected chi connectivity index (χ0v) is 16.1. The van der Waals surface area contributed by atoms with Gasteiger partial charge in [-0.25, -0.2) is 9.37 Å². The molecule has 7 nitrogen and oxygen atoms in total. The van der Waals surface area contributed by atoms with Gasteiger partial charge in [-0.1, -0.05) is 0 Å². The number of piperidine rings is 1. The number of benzene rings is 1. The first-order chi connectivity index (χ1) is 14.1. The quantitative estimate of drug-likeness (QED) is 0.685. The first-order valence-corrected chi connectivity index (χ1v) is 9.75.